The first kappa shape index (κ1) is 19.6. The second kappa shape index (κ2) is 6.23. The summed E-state index contributed by atoms with van der Waals surface area (Å²) in [5, 5.41) is 0. The summed E-state index contributed by atoms with van der Waals surface area (Å²) >= 11 is 0. The van der Waals surface area contributed by atoms with Gasteiger partial charge >= 0.3 is 18.0 Å². The van der Waals surface area contributed by atoms with Crippen molar-refractivity contribution in [3.05, 3.63) is 29.8 Å². The first-order chi connectivity index (χ1) is 10.2. The van der Waals surface area contributed by atoms with Crippen LogP contribution < -0.4 is 4.74 Å². The minimum atomic E-state index is -6.17. The van der Waals surface area contributed by atoms with Gasteiger partial charge in [-0.2, -0.15) is 34.8 Å². The molecule has 0 amide bonds. The van der Waals surface area contributed by atoms with Crippen LogP contribution in [0.3, 0.4) is 0 Å². The standard InChI is InChI=1S/C11H9BF6O4S/c12-5-7-2-1-3-8(4-7)22-9(10(13,14)15,11(16,17)18)6-23(19,20)21/h1-4H,5-6H2,(H,19,20,21). The van der Waals surface area contributed by atoms with Crippen LogP contribution in [-0.2, 0) is 16.4 Å². The van der Waals surface area contributed by atoms with E-state index in [0.29, 0.717) is 0 Å². The van der Waals surface area contributed by atoms with Gasteiger partial charge in [-0.25, -0.2) is 0 Å². The van der Waals surface area contributed by atoms with Crippen molar-refractivity contribution in [3.63, 3.8) is 0 Å². The highest BCUT2D eigenvalue weighted by Gasteiger charge is 2.75. The molecule has 0 bridgehead atoms. The molecule has 12 heteroatoms. The van der Waals surface area contributed by atoms with Gasteiger partial charge in [0.1, 0.15) is 11.5 Å². The highest BCUT2D eigenvalue weighted by molar-refractivity contribution is 7.85. The Morgan fingerprint density at radius 3 is 2.00 bits per heavy atom. The molecule has 0 saturated carbocycles. The summed E-state index contributed by atoms with van der Waals surface area (Å²) in [4.78, 5) is 0. The Morgan fingerprint density at radius 2 is 1.61 bits per heavy atom. The van der Waals surface area contributed by atoms with E-state index in [1.165, 1.54) is 6.07 Å². The third-order valence-corrected chi connectivity index (χ3v) is 3.50. The summed E-state index contributed by atoms with van der Waals surface area (Å²) in [6.07, 6.45) is -12.5. The van der Waals surface area contributed by atoms with Gasteiger partial charge in [0.15, 0.2) is 0 Å². The van der Waals surface area contributed by atoms with Crippen LogP contribution in [0.15, 0.2) is 24.3 Å². The first-order valence-electron chi connectivity index (χ1n) is 5.78. The molecule has 23 heavy (non-hydrogen) atoms. The molecule has 0 heterocycles. The SMILES string of the molecule is [B]Cc1cccc(OC(CS(=O)(=O)O)(C(F)(F)F)C(F)(F)F)c1. The number of ether oxygens (including phenoxy) is 1. The molecule has 0 spiro atoms. The van der Waals surface area contributed by atoms with E-state index >= 15 is 0 Å². The predicted molar refractivity (Wildman–Crippen MR) is 67.8 cm³/mol. The quantitative estimate of drug-likeness (QED) is 0.497. The van der Waals surface area contributed by atoms with Crippen LogP contribution in [-0.4, -0.2) is 44.5 Å². The summed E-state index contributed by atoms with van der Waals surface area (Å²) in [6.45, 7) is 0. The third-order valence-electron chi connectivity index (χ3n) is 2.73. The van der Waals surface area contributed by atoms with Crippen molar-refractivity contribution < 1.29 is 44.0 Å². The number of hydrogen-bond donors (Lipinski definition) is 1. The van der Waals surface area contributed by atoms with E-state index in [-0.39, 0.29) is 11.9 Å². The number of hydrogen-bond acceptors (Lipinski definition) is 3. The van der Waals surface area contributed by atoms with Crippen molar-refractivity contribution in [1.82, 2.24) is 0 Å². The lowest BCUT2D eigenvalue weighted by Gasteiger charge is -2.36. The van der Waals surface area contributed by atoms with Crippen molar-refractivity contribution in [2.75, 3.05) is 5.75 Å². The van der Waals surface area contributed by atoms with E-state index in [4.69, 9.17) is 12.4 Å². The Bertz CT molecular complexity index is 641. The topological polar surface area (TPSA) is 63.6 Å². The first-order valence-corrected chi connectivity index (χ1v) is 7.39. The molecule has 2 radical (unpaired) electrons. The molecular weight excluding hydrogens is 353 g/mol. The van der Waals surface area contributed by atoms with Crippen LogP contribution >= 0.6 is 0 Å². The molecule has 1 N–H and O–H groups in total. The molecular formula is C11H9BF6O4S. The van der Waals surface area contributed by atoms with Gasteiger partial charge < -0.3 is 4.74 Å². The maximum Gasteiger partial charge on any atom is 0.438 e. The molecule has 1 aromatic rings. The average molecular weight is 362 g/mol. The van der Waals surface area contributed by atoms with Crippen molar-refractivity contribution >= 4 is 18.0 Å². The summed E-state index contributed by atoms with van der Waals surface area (Å²) < 4.78 is 112. The monoisotopic (exact) mass is 362 g/mol. The molecule has 0 aliphatic heterocycles. The van der Waals surface area contributed by atoms with Crippen molar-refractivity contribution in [2.24, 2.45) is 0 Å². The van der Waals surface area contributed by atoms with E-state index in [2.05, 4.69) is 4.74 Å². The van der Waals surface area contributed by atoms with Gasteiger partial charge in [0.05, 0.1) is 7.85 Å². The molecule has 0 fully saturated rings. The zero-order valence-corrected chi connectivity index (χ0v) is 12.0. The van der Waals surface area contributed by atoms with Crippen LogP contribution in [0.25, 0.3) is 0 Å². The minimum absolute atomic E-state index is 0.160. The van der Waals surface area contributed by atoms with Gasteiger partial charge in [-0.1, -0.05) is 24.0 Å². The highest BCUT2D eigenvalue weighted by Crippen LogP contribution is 2.47. The lowest BCUT2D eigenvalue weighted by molar-refractivity contribution is -0.348. The highest BCUT2D eigenvalue weighted by atomic mass is 32.2. The summed E-state index contributed by atoms with van der Waals surface area (Å²) in [5.41, 5.74) is -4.96. The van der Waals surface area contributed by atoms with Crippen LogP contribution in [0.1, 0.15) is 5.56 Å². The fourth-order valence-electron chi connectivity index (χ4n) is 1.66. The van der Waals surface area contributed by atoms with Gasteiger partial charge in [0.25, 0.3) is 10.1 Å². The normalized spacial score (nSPS) is 13.9. The summed E-state index contributed by atoms with van der Waals surface area (Å²) in [5.74, 6) is -3.63. The van der Waals surface area contributed by atoms with Crippen molar-refractivity contribution in [1.29, 1.82) is 0 Å². The molecule has 0 aliphatic rings. The Kier molecular flexibility index (Phi) is 5.31. The van der Waals surface area contributed by atoms with Crippen LogP contribution in [0.4, 0.5) is 26.3 Å². The van der Waals surface area contributed by atoms with E-state index in [0.717, 1.165) is 18.2 Å². The molecule has 0 aromatic heterocycles. The minimum Gasteiger partial charge on any atom is -0.468 e. The summed E-state index contributed by atoms with van der Waals surface area (Å²) in [7, 11) is -0.454. The molecule has 0 atom stereocenters. The van der Waals surface area contributed by atoms with Crippen molar-refractivity contribution in [2.45, 2.75) is 24.3 Å². The number of alkyl halides is 6. The number of benzene rings is 1. The third kappa shape index (κ3) is 4.53. The Morgan fingerprint density at radius 1 is 1.09 bits per heavy atom. The smallest absolute Gasteiger partial charge is 0.438 e. The molecule has 4 nitrogen and oxygen atoms in total. The molecule has 1 aromatic carbocycles. The van der Waals surface area contributed by atoms with E-state index in [1.807, 2.05) is 0 Å². The fourth-order valence-corrected chi connectivity index (χ4v) is 2.56. The van der Waals surface area contributed by atoms with Gasteiger partial charge in [0.2, 0.25) is 0 Å². The van der Waals surface area contributed by atoms with Crippen LogP contribution in [0.5, 0.6) is 5.75 Å². The lowest BCUT2D eigenvalue weighted by atomic mass is 9.97. The average Bonchev–Trinajstić information content (AvgIpc) is 2.34. The van der Waals surface area contributed by atoms with E-state index in [1.54, 1.807) is 0 Å². The van der Waals surface area contributed by atoms with Gasteiger partial charge in [0, 0.05) is 0 Å². The van der Waals surface area contributed by atoms with Gasteiger partial charge in [-0.05, 0) is 12.1 Å². The van der Waals surface area contributed by atoms with Crippen LogP contribution in [0.2, 0.25) is 0 Å². The Labute approximate surface area is 128 Å². The lowest BCUT2D eigenvalue weighted by Crippen LogP contribution is -2.64. The molecule has 0 saturated heterocycles. The Balaban J connectivity index is 3.49. The van der Waals surface area contributed by atoms with Gasteiger partial charge in [-0.15, -0.1) is 0 Å². The Hall–Kier alpha value is -1.43. The largest absolute Gasteiger partial charge is 0.468 e. The maximum absolute atomic E-state index is 13.0. The second-order valence-electron chi connectivity index (χ2n) is 4.50. The molecule has 128 valence electrons. The van der Waals surface area contributed by atoms with E-state index in [9.17, 15) is 34.8 Å². The zero-order chi connectivity index (χ0) is 18.1. The summed E-state index contributed by atoms with van der Waals surface area (Å²) in [6, 6.07) is 3.98. The van der Waals surface area contributed by atoms with Crippen molar-refractivity contribution in [3.8, 4) is 5.75 Å². The molecule has 0 aliphatic carbocycles. The predicted octanol–water partition coefficient (Wildman–Crippen LogP) is 2.49. The molecule has 0 unspecified atom stereocenters. The fraction of sp³-hybridized carbons (Fsp3) is 0.455. The van der Waals surface area contributed by atoms with E-state index < -0.39 is 39.6 Å². The maximum atomic E-state index is 13.0. The van der Waals surface area contributed by atoms with Gasteiger partial charge in [-0.3, -0.25) is 4.55 Å². The number of halogens is 6. The molecule has 1 rings (SSSR count). The zero-order valence-electron chi connectivity index (χ0n) is 11.1. The number of rotatable bonds is 5. The second-order valence-corrected chi connectivity index (χ2v) is 5.95. The van der Waals surface area contributed by atoms with Crippen LogP contribution in [0, 0.1) is 0 Å².